The van der Waals surface area contributed by atoms with E-state index in [1.807, 2.05) is 30.3 Å². The maximum absolute atomic E-state index is 11.4. The van der Waals surface area contributed by atoms with Gasteiger partial charge in [0.15, 0.2) is 0 Å². The molecule has 2 rings (SSSR count). The Morgan fingerprint density at radius 3 is 2.21 bits per heavy atom. The van der Waals surface area contributed by atoms with Crippen molar-refractivity contribution in [3.8, 4) is 0 Å². The van der Waals surface area contributed by atoms with Crippen LogP contribution < -0.4 is 0 Å². The highest BCUT2D eigenvalue weighted by Crippen LogP contribution is 2.30. The summed E-state index contributed by atoms with van der Waals surface area (Å²) < 4.78 is 5.38. The summed E-state index contributed by atoms with van der Waals surface area (Å²) in [6.07, 6.45) is 7.99. The van der Waals surface area contributed by atoms with Crippen LogP contribution in [-0.2, 0) is 24.0 Å². The molecule has 2 aromatic carbocycles. The Bertz CT molecular complexity index is 709. The van der Waals surface area contributed by atoms with Crippen LogP contribution >= 0.6 is 0 Å². The summed E-state index contributed by atoms with van der Waals surface area (Å²) in [4.78, 5) is 11.4. The average Bonchev–Trinajstić information content (AvgIpc) is 2.69. The van der Waals surface area contributed by atoms with E-state index >= 15 is 0 Å². The second-order valence-corrected chi connectivity index (χ2v) is 7.46. The quantitative estimate of drug-likeness (QED) is 0.314. The highest BCUT2D eigenvalue weighted by atomic mass is 16.7. The molecule has 0 aromatic heterocycles. The normalized spacial score (nSPS) is 11.9. The van der Waals surface area contributed by atoms with E-state index in [0.29, 0.717) is 6.42 Å². The van der Waals surface area contributed by atoms with Crippen LogP contribution in [0.2, 0.25) is 0 Å². The molecular formula is C25H34O3. The summed E-state index contributed by atoms with van der Waals surface area (Å²) in [7, 11) is 0. The molecule has 0 aliphatic heterocycles. The number of carboxylic acid groups (broad SMARTS) is 1. The molecule has 3 heteroatoms. The molecule has 0 spiro atoms. The zero-order chi connectivity index (χ0) is 20.2. The highest BCUT2D eigenvalue weighted by molar-refractivity contribution is 5.58. The van der Waals surface area contributed by atoms with Crippen molar-refractivity contribution in [3.05, 3.63) is 70.8 Å². The predicted molar refractivity (Wildman–Crippen MR) is 115 cm³/mol. The first-order valence-electron chi connectivity index (χ1n) is 10.7. The van der Waals surface area contributed by atoms with Gasteiger partial charge in [0.2, 0.25) is 0 Å². The fourth-order valence-corrected chi connectivity index (χ4v) is 3.78. The molecule has 0 saturated carbocycles. The van der Waals surface area contributed by atoms with Gasteiger partial charge in [-0.15, -0.1) is 0 Å². The van der Waals surface area contributed by atoms with Crippen molar-refractivity contribution in [2.24, 2.45) is 0 Å². The van der Waals surface area contributed by atoms with E-state index in [0.717, 1.165) is 30.4 Å². The third-order valence-electron chi connectivity index (χ3n) is 5.24. The molecule has 0 aliphatic rings. The number of rotatable bonds is 12. The molecule has 3 nitrogen and oxygen atoms in total. The number of hydrogen-bond acceptors (Lipinski definition) is 2. The Balaban J connectivity index is 2.35. The molecule has 0 radical (unpaired) electrons. The first-order valence-corrected chi connectivity index (χ1v) is 10.7. The van der Waals surface area contributed by atoms with Crippen molar-refractivity contribution in [1.82, 2.24) is 0 Å². The molecule has 0 fully saturated rings. The van der Waals surface area contributed by atoms with Crippen molar-refractivity contribution in [3.63, 3.8) is 0 Å². The van der Waals surface area contributed by atoms with Crippen molar-refractivity contribution in [2.45, 2.75) is 77.7 Å². The first-order chi connectivity index (χ1) is 13.7. The fourth-order valence-electron chi connectivity index (χ4n) is 3.78. The Hall–Kier alpha value is -2.29. The van der Waals surface area contributed by atoms with Crippen LogP contribution in [0, 0.1) is 0 Å². The Morgan fingerprint density at radius 2 is 1.57 bits per heavy atom. The first kappa shape index (κ1) is 22.0. The summed E-state index contributed by atoms with van der Waals surface area (Å²) in [5.41, 5.74) is 4.78. The SMILES string of the molecule is CCCCCc1cccc(C(Cc2ccccc2)OC(=O)O)c1CCCCC. The third kappa shape index (κ3) is 7.03. The van der Waals surface area contributed by atoms with Gasteiger partial charge in [0.1, 0.15) is 6.10 Å². The Morgan fingerprint density at radius 1 is 0.893 bits per heavy atom. The number of aryl methyl sites for hydroxylation is 1. The molecule has 1 N–H and O–H groups in total. The van der Waals surface area contributed by atoms with Crippen molar-refractivity contribution in [2.75, 3.05) is 0 Å². The van der Waals surface area contributed by atoms with Gasteiger partial charge < -0.3 is 9.84 Å². The van der Waals surface area contributed by atoms with Crippen LogP contribution in [0.25, 0.3) is 0 Å². The lowest BCUT2D eigenvalue weighted by atomic mass is 9.88. The molecule has 1 unspecified atom stereocenters. The van der Waals surface area contributed by atoms with Crippen molar-refractivity contribution < 1.29 is 14.6 Å². The monoisotopic (exact) mass is 382 g/mol. The Labute approximate surface area is 169 Å². The van der Waals surface area contributed by atoms with E-state index in [1.54, 1.807) is 0 Å². The molecule has 0 heterocycles. The lowest BCUT2D eigenvalue weighted by molar-refractivity contribution is 0.0509. The van der Waals surface area contributed by atoms with Gasteiger partial charge in [-0.3, -0.25) is 0 Å². The topological polar surface area (TPSA) is 46.5 Å². The average molecular weight is 383 g/mol. The minimum Gasteiger partial charge on any atom is -0.450 e. The standard InChI is InChI=1S/C25H34O3/c1-3-5-8-15-21-16-12-18-23(22(21)17-9-6-4-2)24(28-25(26)27)19-20-13-10-7-11-14-20/h7,10-14,16,18,24H,3-6,8-9,15,17,19H2,1-2H3,(H,26,27). The van der Waals surface area contributed by atoms with Gasteiger partial charge >= 0.3 is 6.16 Å². The van der Waals surface area contributed by atoms with Gasteiger partial charge in [-0.05, 0) is 47.9 Å². The van der Waals surface area contributed by atoms with Gasteiger partial charge in [-0.2, -0.15) is 0 Å². The van der Waals surface area contributed by atoms with Crippen LogP contribution in [-0.4, -0.2) is 11.3 Å². The molecule has 2 aromatic rings. The fraction of sp³-hybridized carbons (Fsp3) is 0.480. The van der Waals surface area contributed by atoms with Gasteiger partial charge in [-0.25, -0.2) is 4.79 Å². The molecule has 0 aliphatic carbocycles. The lowest BCUT2D eigenvalue weighted by Crippen LogP contribution is -2.15. The molecule has 0 bridgehead atoms. The second kappa shape index (κ2) is 12.2. The van der Waals surface area contributed by atoms with E-state index in [1.165, 1.54) is 43.2 Å². The molecule has 1 atom stereocenters. The van der Waals surface area contributed by atoms with E-state index in [9.17, 15) is 9.90 Å². The van der Waals surface area contributed by atoms with Crippen molar-refractivity contribution >= 4 is 6.16 Å². The third-order valence-corrected chi connectivity index (χ3v) is 5.24. The van der Waals surface area contributed by atoms with E-state index in [2.05, 4.69) is 32.0 Å². The lowest BCUT2D eigenvalue weighted by Gasteiger charge is -2.22. The van der Waals surface area contributed by atoms with Crippen LogP contribution in [0.1, 0.15) is 80.7 Å². The van der Waals surface area contributed by atoms with Crippen LogP contribution in [0.3, 0.4) is 0 Å². The summed E-state index contributed by atoms with van der Waals surface area (Å²) in [5, 5.41) is 9.35. The molecule has 28 heavy (non-hydrogen) atoms. The predicted octanol–water partition coefficient (Wildman–Crippen LogP) is 7.13. The Kier molecular flexibility index (Phi) is 9.61. The van der Waals surface area contributed by atoms with E-state index < -0.39 is 12.3 Å². The summed E-state index contributed by atoms with van der Waals surface area (Å²) >= 11 is 0. The number of benzene rings is 2. The van der Waals surface area contributed by atoms with Crippen molar-refractivity contribution in [1.29, 1.82) is 0 Å². The number of hydrogen-bond donors (Lipinski definition) is 1. The number of carbonyl (C=O) groups is 1. The minimum atomic E-state index is -1.21. The summed E-state index contributed by atoms with van der Waals surface area (Å²) in [6, 6.07) is 16.3. The molecular weight excluding hydrogens is 348 g/mol. The van der Waals surface area contributed by atoms with Crippen LogP contribution in [0.5, 0.6) is 0 Å². The van der Waals surface area contributed by atoms with Crippen LogP contribution in [0.15, 0.2) is 48.5 Å². The molecule has 0 saturated heterocycles. The molecule has 0 amide bonds. The minimum absolute atomic E-state index is 0.470. The maximum Gasteiger partial charge on any atom is 0.506 e. The molecule has 152 valence electrons. The van der Waals surface area contributed by atoms with E-state index in [-0.39, 0.29) is 0 Å². The highest BCUT2D eigenvalue weighted by Gasteiger charge is 2.21. The summed E-state index contributed by atoms with van der Waals surface area (Å²) in [6.45, 7) is 4.43. The van der Waals surface area contributed by atoms with Gasteiger partial charge in [0, 0.05) is 6.42 Å². The maximum atomic E-state index is 11.4. The van der Waals surface area contributed by atoms with Gasteiger partial charge in [-0.1, -0.05) is 88.1 Å². The largest absolute Gasteiger partial charge is 0.506 e. The second-order valence-electron chi connectivity index (χ2n) is 7.46. The summed E-state index contributed by atoms with van der Waals surface area (Å²) in [5.74, 6) is 0. The zero-order valence-corrected chi connectivity index (χ0v) is 17.3. The van der Waals surface area contributed by atoms with E-state index in [4.69, 9.17) is 4.74 Å². The van der Waals surface area contributed by atoms with Gasteiger partial charge in [0.25, 0.3) is 0 Å². The van der Waals surface area contributed by atoms with Gasteiger partial charge in [0.05, 0.1) is 0 Å². The number of unbranched alkanes of at least 4 members (excludes halogenated alkanes) is 4. The number of ether oxygens (including phenoxy) is 1. The van der Waals surface area contributed by atoms with Crippen LogP contribution in [0.4, 0.5) is 4.79 Å². The zero-order valence-electron chi connectivity index (χ0n) is 17.3. The smallest absolute Gasteiger partial charge is 0.450 e.